The Morgan fingerprint density at radius 2 is 1.89 bits per heavy atom. The van der Waals surface area contributed by atoms with Crippen molar-refractivity contribution < 1.29 is 9.53 Å². The number of hydrogen-bond donors (Lipinski definition) is 1. The van der Waals surface area contributed by atoms with E-state index in [0.29, 0.717) is 25.1 Å². The molecule has 0 saturated carbocycles. The zero-order chi connectivity index (χ0) is 19.2. The highest BCUT2D eigenvalue weighted by atomic mass is 16.5. The second-order valence-corrected chi connectivity index (χ2v) is 6.52. The lowest BCUT2D eigenvalue weighted by atomic mass is 10.1. The third kappa shape index (κ3) is 4.94. The summed E-state index contributed by atoms with van der Waals surface area (Å²) in [4.78, 5) is 23.9. The molecule has 0 bridgehead atoms. The minimum atomic E-state index is -0.116. The molecule has 27 heavy (non-hydrogen) atoms. The summed E-state index contributed by atoms with van der Waals surface area (Å²) in [6.45, 7) is 5.30. The molecular weight excluding hydrogens is 342 g/mol. The molecule has 0 fully saturated rings. The molecule has 0 atom stereocenters. The van der Waals surface area contributed by atoms with Crippen molar-refractivity contribution in [3.05, 3.63) is 70.0 Å². The molecule has 0 aliphatic heterocycles. The van der Waals surface area contributed by atoms with E-state index in [4.69, 9.17) is 4.74 Å². The van der Waals surface area contributed by atoms with Gasteiger partial charge in [0.25, 0.3) is 0 Å². The number of nitrogens with one attached hydrogen (secondary N) is 1. The molecule has 1 amide bonds. The van der Waals surface area contributed by atoms with Crippen LogP contribution in [0.2, 0.25) is 0 Å². The van der Waals surface area contributed by atoms with Crippen LogP contribution in [0.25, 0.3) is 10.9 Å². The summed E-state index contributed by atoms with van der Waals surface area (Å²) in [5, 5.41) is 7.58. The molecule has 2 aromatic carbocycles. The van der Waals surface area contributed by atoms with Crippen LogP contribution in [0.1, 0.15) is 17.5 Å². The van der Waals surface area contributed by atoms with Crippen molar-refractivity contribution in [3.8, 4) is 5.75 Å². The zero-order valence-electron chi connectivity index (χ0n) is 15.6. The van der Waals surface area contributed by atoms with Crippen molar-refractivity contribution in [1.82, 2.24) is 15.1 Å². The highest BCUT2D eigenvalue weighted by molar-refractivity contribution is 5.79. The van der Waals surface area contributed by atoms with Crippen molar-refractivity contribution in [2.24, 2.45) is 0 Å². The first-order valence-electron chi connectivity index (χ1n) is 8.95. The summed E-state index contributed by atoms with van der Waals surface area (Å²) >= 11 is 0. The van der Waals surface area contributed by atoms with Crippen LogP contribution >= 0.6 is 0 Å². The van der Waals surface area contributed by atoms with Gasteiger partial charge in [0.2, 0.25) is 11.3 Å². The number of rotatable bonds is 7. The number of amides is 1. The fraction of sp³-hybridized carbons (Fsp3) is 0.286. The maximum atomic E-state index is 12.1. The molecule has 0 aliphatic rings. The monoisotopic (exact) mass is 365 g/mol. The highest BCUT2D eigenvalue weighted by Crippen LogP contribution is 2.15. The number of hydrogen-bond acceptors (Lipinski definition) is 4. The largest absolute Gasteiger partial charge is 0.492 e. The van der Waals surface area contributed by atoms with E-state index in [9.17, 15) is 9.59 Å². The molecule has 0 unspecified atom stereocenters. The normalized spacial score (nSPS) is 10.7. The van der Waals surface area contributed by atoms with Crippen molar-refractivity contribution in [2.75, 3.05) is 13.2 Å². The van der Waals surface area contributed by atoms with Crippen molar-refractivity contribution in [2.45, 2.75) is 26.8 Å². The summed E-state index contributed by atoms with van der Waals surface area (Å²) in [6.07, 6.45) is 1.57. The Bertz CT molecular complexity index is 991. The molecule has 0 saturated heterocycles. The molecule has 3 rings (SSSR count). The minimum absolute atomic E-state index is 0.0800. The van der Waals surface area contributed by atoms with Gasteiger partial charge in [0.05, 0.1) is 24.8 Å². The fourth-order valence-electron chi connectivity index (χ4n) is 3.01. The number of fused-ring (bicyclic) bond motifs is 1. The van der Waals surface area contributed by atoms with E-state index in [-0.39, 0.29) is 17.8 Å². The van der Waals surface area contributed by atoms with E-state index in [0.717, 1.165) is 22.4 Å². The number of aryl methyl sites for hydroxylation is 3. The maximum Gasteiger partial charge on any atom is 0.221 e. The number of aromatic nitrogens is 2. The predicted molar refractivity (Wildman–Crippen MR) is 105 cm³/mol. The first-order chi connectivity index (χ1) is 13.0. The van der Waals surface area contributed by atoms with Gasteiger partial charge >= 0.3 is 0 Å². The standard InChI is InChI=1S/C21H23N3O3/c1-15-11-16(2)13-17(12-15)27-10-8-22-21(26)7-9-24-19-6-4-3-5-18(19)20(25)14-23-24/h3-6,11-14H,7-10H2,1-2H3,(H,22,26). The van der Waals surface area contributed by atoms with Crippen molar-refractivity contribution in [3.63, 3.8) is 0 Å². The topological polar surface area (TPSA) is 73.2 Å². The van der Waals surface area contributed by atoms with Crippen molar-refractivity contribution in [1.29, 1.82) is 0 Å². The number of ether oxygens (including phenoxy) is 1. The Morgan fingerprint density at radius 3 is 2.67 bits per heavy atom. The van der Waals surface area contributed by atoms with Gasteiger partial charge in [0.1, 0.15) is 12.4 Å². The Labute approximate surface area is 157 Å². The van der Waals surface area contributed by atoms with E-state index in [1.54, 1.807) is 10.7 Å². The maximum absolute atomic E-state index is 12.1. The van der Waals surface area contributed by atoms with E-state index < -0.39 is 0 Å². The molecule has 1 aromatic heterocycles. The molecule has 3 aromatic rings. The van der Waals surface area contributed by atoms with Gasteiger partial charge < -0.3 is 10.1 Å². The molecule has 0 aliphatic carbocycles. The Balaban J connectivity index is 1.48. The lowest BCUT2D eigenvalue weighted by Gasteiger charge is -2.11. The third-order valence-electron chi connectivity index (χ3n) is 4.20. The third-order valence-corrected chi connectivity index (χ3v) is 4.20. The quantitative estimate of drug-likeness (QED) is 0.653. The molecule has 6 nitrogen and oxygen atoms in total. The van der Waals surface area contributed by atoms with E-state index >= 15 is 0 Å². The van der Waals surface area contributed by atoms with Gasteiger partial charge in [-0.1, -0.05) is 18.2 Å². The van der Waals surface area contributed by atoms with Gasteiger partial charge in [0.15, 0.2) is 0 Å². The molecule has 0 spiro atoms. The SMILES string of the molecule is Cc1cc(C)cc(OCCNC(=O)CCn2ncc(=O)c3ccccc32)c1. The number of carbonyl (C=O) groups is 1. The van der Waals surface area contributed by atoms with Gasteiger partial charge in [-0.15, -0.1) is 0 Å². The van der Waals surface area contributed by atoms with E-state index in [1.807, 2.05) is 44.2 Å². The molecule has 140 valence electrons. The predicted octanol–water partition coefficient (Wildman–Crippen LogP) is 2.60. The summed E-state index contributed by atoms with van der Waals surface area (Å²) in [7, 11) is 0. The molecule has 1 N–H and O–H groups in total. The fourth-order valence-corrected chi connectivity index (χ4v) is 3.01. The first kappa shape index (κ1) is 18.6. The van der Waals surface area contributed by atoms with Crippen LogP contribution in [-0.4, -0.2) is 28.8 Å². The van der Waals surface area contributed by atoms with Gasteiger partial charge in [-0.3, -0.25) is 14.3 Å². The molecule has 0 radical (unpaired) electrons. The number of nitrogens with zero attached hydrogens (tertiary/aromatic N) is 2. The Morgan fingerprint density at radius 1 is 1.15 bits per heavy atom. The summed E-state index contributed by atoms with van der Waals surface area (Å²) < 4.78 is 7.37. The van der Waals surface area contributed by atoms with Gasteiger partial charge in [-0.25, -0.2) is 0 Å². The van der Waals surface area contributed by atoms with Crippen LogP contribution in [0.3, 0.4) is 0 Å². The van der Waals surface area contributed by atoms with E-state index in [1.165, 1.54) is 6.20 Å². The molecule has 6 heteroatoms. The van der Waals surface area contributed by atoms with Gasteiger partial charge in [0, 0.05) is 11.8 Å². The first-order valence-corrected chi connectivity index (χ1v) is 8.95. The molecule has 1 heterocycles. The summed E-state index contributed by atoms with van der Waals surface area (Å²) in [6, 6.07) is 13.3. The Kier molecular flexibility index (Phi) is 5.86. The summed E-state index contributed by atoms with van der Waals surface area (Å²) in [5.41, 5.74) is 2.91. The van der Waals surface area contributed by atoms with Crippen LogP contribution in [0.5, 0.6) is 5.75 Å². The zero-order valence-corrected chi connectivity index (χ0v) is 15.6. The minimum Gasteiger partial charge on any atom is -0.492 e. The molecular formula is C21H23N3O3. The van der Waals surface area contributed by atoms with Gasteiger partial charge in [-0.2, -0.15) is 5.10 Å². The van der Waals surface area contributed by atoms with Crippen LogP contribution in [-0.2, 0) is 11.3 Å². The number of carbonyl (C=O) groups excluding carboxylic acids is 1. The Hall–Kier alpha value is -3.15. The average Bonchev–Trinajstić information content (AvgIpc) is 2.64. The van der Waals surface area contributed by atoms with Gasteiger partial charge in [-0.05, 0) is 49.2 Å². The average molecular weight is 365 g/mol. The smallest absolute Gasteiger partial charge is 0.221 e. The second-order valence-electron chi connectivity index (χ2n) is 6.52. The summed E-state index contributed by atoms with van der Waals surface area (Å²) in [5.74, 6) is 0.731. The van der Waals surface area contributed by atoms with E-state index in [2.05, 4.69) is 16.5 Å². The van der Waals surface area contributed by atoms with Crippen molar-refractivity contribution >= 4 is 16.8 Å². The van der Waals surface area contributed by atoms with Crippen LogP contribution in [0, 0.1) is 13.8 Å². The lowest BCUT2D eigenvalue weighted by molar-refractivity contribution is -0.121. The highest BCUT2D eigenvalue weighted by Gasteiger charge is 2.06. The lowest BCUT2D eigenvalue weighted by Crippen LogP contribution is -2.29. The van der Waals surface area contributed by atoms with Crippen LogP contribution in [0.15, 0.2) is 53.5 Å². The van der Waals surface area contributed by atoms with Crippen LogP contribution < -0.4 is 15.5 Å². The second kappa shape index (κ2) is 8.49. The number of benzene rings is 2. The number of para-hydroxylation sites is 1. The van der Waals surface area contributed by atoms with Crippen LogP contribution in [0.4, 0.5) is 0 Å².